The highest BCUT2D eigenvalue weighted by atomic mass is 35.5. The summed E-state index contributed by atoms with van der Waals surface area (Å²) in [5.74, 6) is 1.37. The average Bonchev–Trinajstić information content (AvgIpc) is 2.39. The molecule has 0 aromatic heterocycles. The Morgan fingerprint density at radius 1 is 1.22 bits per heavy atom. The number of hydrogen-bond acceptors (Lipinski definition) is 4. The van der Waals surface area contributed by atoms with Crippen LogP contribution in [0.25, 0.3) is 0 Å². The molecule has 100 valence electrons. The van der Waals surface area contributed by atoms with Crippen molar-refractivity contribution >= 4 is 11.6 Å². The molecule has 0 aliphatic carbocycles. The molecule has 1 aliphatic rings. The van der Waals surface area contributed by atoms with Gasteiger partial charge in [-0.05, 0) is 37.1 Å². The van der Waals surface area contributed by atoms with Gasteiger partial charge in [-0.25, -0.2) is 0 Å². The summed E-state index contributed by atoms with van der Waals surface area (Å²) >= 11 is 6.14. The van der Waals surface area contributed by atoms with Crippen molar-refractivity contribution in [1.29, 1.82) is 0 Å². The van der Waals surface area contributed by atoms with Gasteiger partial charge in [0.25, 0.3) is 0 Å². The largest absolute Gasteiger partial charge is 0.486 e. The van der Waals surface area contributed by atoms with Gasteiger partial charge < -0.3 is 19.9 Å². The summed E-state index contributed by atoms with van der Waals surface area (Å²) < 4.78 is 11.0. The first-order chi connectivity index (χ1) is 8.81. The highest BCUT2D eigenvalue weighted by molar-refractivity contribution is 6.32. The van der Waals surface area contributed by atoms with Crippen LogP contribution in [0.1, 0.15) is 18.4 Å². The number of aliphatic hydroxyl groups is 1. The molecule has 0 saturated carbocycles. The molecule has 1 aromatic rings. The highest BCUT2D eigenvalue weighted by Gasteiger charge is 2.16. The maximum Gasteiger partial charge on any atom is 0.179 e. The Kier molecular flexibility index (Phi) is 5.11. The van der Waals surface area contributed by atoms with Crippen LogP contribution in [-0.2, 0) is 6.54 Å². The maximum absolute atomic E-state index is 8.68. The summed E-state index contributed by atoms with van der Waals surface area (Å²) in [6.45, 7) is 2.98. The van der Waals surface area contributed by atoms with Gasteiger partial charge in [-0.2, -0.15) is 0 Å². The van der Waals surface area contributed by atoms with Crippen molar-refractivity contribution in [2.24, 2.45) is 0 Å². The second-order valence-electron chi connectivity index (χ2n) is 4.21. The number of hydrogen-bond donors (Lipinski definition) is 2. The van der Waals surface area contributed by atoms with Crippen molar-refractivity contribution < 1.29 is 14.6 Å². The Hall–Kier alpha value is -0.970. The number of nitrogens with one attached hydrogen (secondary N) is 1. The Balaban J connectivity index is 1.91. The third-order valence-corrected chi connectivity index (χ3v) is 3.03. The molecular weight excluding hydrogens is 254 g/mol. The molecule has 0 unspecified atom stereocenters. The monoisotopic (exact) mass is 271 g/mol. The van der Waals surface area contributed by atoms with E-state index >= 15 is 0 Å². The Morgan fingerprint density at radius 3 is 2.89 bits per heavy atom. The van der Waals surface area contributed by atoms with E-state index in [2.05, 4.69) is 5.32 Å². The molecule has 0 amide bonds. The quantitative estimate of drug-likeness (QED) is 0.777. The molecule has 0 saturated heterocycles. The zero-order valence-corrected chi connectivity index (χ0v) is 11.0. The molecule has 1 aliphatic heterocycles. The van der Waals surface area contributed by atoms with Gasteiger partial charge in [-0.3, -0.25) is 0 Å². The van der Waals surface area contributed by atoms with E-state index in [1.165, 1.54) is 0 Å². The molecular formula is C13H18ClNO3. The fourth-order valence-corrected chi connectivity index (χ4v) is 2.15. The molecule has 0 radical (unpaired) electrons. The Morgan fingerprint density at radius 2 is 2.06 bits per heavy atom. The molecule has 0 spiro atoms. The molecule has 1 aromatic carbocycles. The van der Waals surface area contributed by atoms with Gasteiger partial charge in [-0.1, -0.05) is 11.6 Å². The normalized spacial score (nSPS) is 13.7. The third kappa shape index (κ3) is 3.51. The van der Waals surface area contributed by atoms with Gasteiger partial charge in [0.1, 0.15) is 13.2 Å². The number of rotatable bonds is 6. The van der Waals surface area contributed by atoms with Gasteiger partial charge in [0.2, 0.25) is 0 Å². The maximum atomic E-state index is 8.68. The minimum atomic E-state index is 0.248. The first-order valence-electron chi connectivity index (χ1n) is 6.21. The average molecular weight is 272 g/mol. The van der Waals surface area contributed by atoms with Gasteiger partial charge in [0, 0.05) is 13.2 Å². The van der Waals surface area contributed by atoms with E-state index in [4.69, 9.17) is 26.2 Å². The molecule has 2 N–H and O–H groups in total. The molecule has 1 heterocycles. The zero-order valence-electron chi connectivity index (χ0n) is 10.2. The summed E-state index contributed by atoms with van der Waals surface area (Å²) in [6.07, 6.45) is 1.80. The highest BCUT2D eigenvalue weighted by Crippen LogP contribution is 2.38. The van der Waals surface area contributed by atoms with E-state index in [0.717, 1.165) is 37.2 Å². The lowest BCUT2D eigenvalue weighted by atomic mass is 10.2. The van der Waals surface area contributed by atoms with E-state index in [9.17, 15) is 0 Å². The van der Waals surface area contributed by atoms with Crippen LogP contribution in [0.5, 0.6) is 11.5 Å². The van der Waals surface area contributed by atoms with Crippen LogP contribution in [0, 0.1) is 0 Å². The van der Waals surface area contributed by atoms with Crippen molar-refractivity contribution in [3.8, 4) is 11.5 Å². The van der Waals surface area contributed by atoms with Crippen LogP contribution >= 0.6 is 11.6 Å². The lowest BCUT2D eigenvalue weighted by Gasteiger charge is -2.20. The van der Waals surface area contributed by atoms with Crippen molar-refractivity contribution in [2.75, 3.05) is 26.4 Å². The topological polar surface area (TPSA) is 50.7 Å². The van der Waals surface area contributed by atoms with Crippen molar-refractivity contribution in [1.82, 2.24) is 5.32 Å². The number of ether oxygens (including phenoxy) is 2. The summed E-state index contributed by atoms with van der Waals surface area (Å²) in [4.78, 5) is 0. The van der Waals surface area contributed by atoms with Gasteiger partial charge >= 0.3 is 0 Å². The second-order valence-corrected chi connectivity index (χ2v) is 4.62. The number of aliphatic hydroxyl groups excluding tert-OH is 1. The van der Waals surface area contributed by atoms with E-state index in [0.29, 0.717) is 24.0 Å². The number of fused-ring (bicyclic) bond motifs is 1. The number of benzene rings is 1. The van der Waals surface area contributed by atoms with E-state index in [-0.39, 0.29) is 6.61 Å². The first kappa shape index (κ1) is 13.5. The SMILES string of the molecule is OCCCCNCc1cc(Cl)c2c(c1)OCCO2. The van der Waals surface area contributed by atoms with E-state index in [1.54, 1.807) is 0 Å². The van der Waals surface area contributed by atoms with Crippen LogP contribution in [0.2, 0.25) is 5.02 Å². The van der Waals surface area contributed by atoms with Crippen LogP contribution in [0.4, 0.5) is 0 Å². The fraction of sp³-hybridized carbons (Fsp3) is 0.538. The van der Waals surface area contributed by atoms with Crippen LogP contribution in [-0.4, -0.2) is 31.5 Å². The van der Waals surface area contributed by atoms with Gasteiger partial charge in [0.05, 0.1) is 5.02 Å². The lowest BCUT2D eigenvalue weighted by Crippen LogP contribution is -2.18. The van der Waals surface area contributed by atoms with E-state index in [1.807, 2.05) is 12.1 Å². The Labute approximate surface area is 112 Å². The molecule has 0 bridgehead atoms. The van der Waals surface area contributed by atoms with Gasteiger partial charge in [-0.15, -0.1) is 0 Å². The summed E-state index contributed by atoms with van der Waals surface area (Å²) in [5, 5.41) is 12.6. The smallest absolute Gasteiger partial charge is 0.179 e. The van der Waals surface area contributed by atoms with Crippen molar-refractivity contribution in [2.45, 2.75) is 19.4 Å². The minimum absolute atomic E-state index is 0.248. The van der Waals surface area contributed by atoms with Crippen molar-refractivity contribution in [3.63, 3.8) is 0 Å². The third-order valence-electron chi connectivity index (χ3n) is 2.75. The van der Waals surface area contributed by atoms with Crippen LogP contribution in [0.3, 0.4) is 0 Å². The number of halogens is 1. The summed E-state index contributed by atoms with van der Waals surface area (Å²) in [5.41, 5.74) is 1.08. The minimum Gasteiger partial charge on any atom is -0.486 e. The first-order valence-corrected chi connectivity index (χ1v) is 6.58. The van der Waals surface area contributed by atoms with Crippen LogP contribution < -0.4 is 14.8 Å². The van der Waals surface area contributed by atoms with Crippen LogP contribution in [0.15, 0.2) is 12.1 Å². The second kappa shape index (κ2) is 6.83. The number of unbranched alkanes of at least 4 members (excludes halogenated alkanes) is 1. The molecule has 18 heavy (non-hydrogen) atoms. The summed E-state index contributed by atoms with van der Waals surface area (Å²) in [6, 6.07) is 3.85. The molecule has 2 rings (SSSR count). The summed E-state index contributed by atoms with van der Waals surface area (Å²) in [7, 11) is 0. The lowest BCUT2D eigenvalue weighted by molar-refractivity contribution is 0.171. The molecule has 4 nitrogen and oxygen atoms in total. The zero-order chi connectivity index (χ0) is 12.8. The molecule has 0 atom stereocenters. The van der Waals surface area contributed by atoms with E-state index < -0.39 is 0 Å². The predicted octanol–water partition coefficient (Wildman–Crippen LogP) is 1.97. The van der Waals surface area contributed by atoms with Gasteiger partial charge in [0.15, 0.2) is 11.5 Å². The van der Waals surface area contributed by atoms with Crippen molar-refractivity contribution in [3.05, 3.63) is 22.7 Å². The predicted molar refractivity (Wildman–Crippen MR) is 70.5 cm³/mol. The Bertz CT molecular complexity index is 398. The fourth-order valence-electron chi connectivity index (χ4n) is 1.86. The molecule has 5 heteroatoms. The molecule has 0 fully saturated rings. The standard InChI is InChI=1S/C13H18ClNO3/c14-11-7-10(9-15-3-1-2-4-16)8-12-13(11)18-6-5-17-12/h7-8,15-16H,1-6,9H2.